The standard InChI is InChI=1S/C16H23N3O2/c1-21-12-9-17-13-16(20)18-8-4-10-19-11-7-14-5-2-3-6-15(14)19/h2-3,5-7,11,17H,4,8-10,12-13H2,1H3,(H,18,20). The molecule has 2 rings (SSSR count). The minimum atomic E-state index is 0.0310. The van der Waals surface area contributed by atoms with E-state index >= 15 is 0 Å². The van der Waals surface area contributed by atoms with Crippen LogP contribution >= 0.6 is 0 Å². The minimum absolute atomic E-state index is 0.0310. The average Bonchev–Trinajstić information content (AvgIpc) is 2.91. The highest BCUT2D eigenvalue weighted by molar-refractivity contribution is 5.80. The summed E-state index contributed by atoms with van der Waals surface area (Å²) in [6, 6.07) is 10.4. The van der Waals surface area contributed by atoms with E-state index in [0.717, 1.165) is 13.0 Å². The molecular weight excluding hydrogens is 266 g/mol. The van der Waals surface area contributed by atoms with Crippen LogP contribution in [-0.2, 0) is 16.1 Å². The molecule has 0 aliphatic heterocycles. The molecule has 0 spiro atoms. The molecule has 1 aromatic carbocycles. The number of carbonyl (C=O) groups is 1. The Morgan fingerprint density at radius 3 is 2.95 bits per heavy atom. The first-order valence-corrected chi connectivity index (χ1v) is 7.31. The van der Waals surface area contributed by atoms with Crippen molar-refractivity contribution in [2.45, 2.75) is 13.0 Å². The van der Waals surface area contributed by atoms with Crippen molar-refractivity contribution in [3.8, 4) is 0 Å². The molecule has 1 amide bonds. The van der Waals surface area contributed by atoms with Gasteiger partial charge in [-0.1, -0.05) is 18.2 Å². The van der Waals surface area contributed by atoms with Crippen molar-refractivity contribution in [2.75, 3.05) is 33.4 Å². The van der Waals surface area contributed by atoms with Crippen LogP contribution in [0, 0.1) is 0 Å². The summed E-state index contributed by atoms with van der Waals surface area (Å²) in [5, 5.41) is 7.19. The van der Waals surface area contributed by atoms with E-state index in [1.165, 1.54) is 10.9 Å². The number of hydrogen-bond acceptors (Lipinski definition) is 3. The molecule has 0 unspecified atom stereocenters. The molecule has 0 bridgehead atoms. The van der Waals surface area contributed by atoms with Gasteiger partial charge in [-0.25, -0.2) is 0 Å². The average molecular weight is 289 g/mol. The number of methoxy groups -OCH3 is 1. The molecule has 0 aliphatic rings. The molecule has 0 fully saturated rings. The number of aryl methyl sites for hydroxylation is 1. The summed E-state index contributed by atoms with van der Waals surface area (Å²) >= 11 is 0. The molecule has 2 aromatic rings. The number of fused-ring (bicyclic) bond motifs is 1. The number of aromatic nitrogens is 1. The number of ether oxygens (including phenoxy) is 1. The number of benzene rings is 1. The molecule has 1 heterocycles. The highest BCUT2D eigenvalue weighted by atomic mass is 16.5. The lowest BCUT2D eigenvalue weighted by molar-refractivity contribution is -0.120. The van der Waals surface area contributed by atoms with Crippen LogP contribution in [0.1, 0.15) is 6.42 Å². The van der Waals surface area contributed by atoms with Crippen molar-refractivity contribution in [2.24, 2.45) is 0 Å². The van der Waals surface area contributed by atoms with Gasteiger partial charge < -0.3 is 19.9 Å². The second-order valence-corrected chi connectivity index (χ2v) is 4.94. The van der Waals surface area contributed by atoms with Crippen LogP contribution in [0.25, 0.3) is 10.9 Å². The quantitative estimate of drug-likeness (QED) is 0.686. The van der Waals surface area contributed by atoms with Gasteiger partial charge in [-0.05, 0) is 23.9 Å². The SMILES string of the molecule is COCCNCC(=O)NCCCn1ccc2ccccc21. The van der Waals surface area contributed by atoms with Gasteiger partial charge in [0.2, 0.25) is 5.91 Å². The lowest BCUT2D eigenvalue weighted by Crippen LogP contribution is -2.35. The fourth-order valence-corrected chi connectivity index (χ4v) is 2.25. The Morgan fingerprint density at radius 2 is 2.10 bits per heavy atom. The first-order chi connectivity index (χ1) is 10.3. The summed E-state index contributed by atoms with van der Waals surface area (Å²) in [5.41, 5.74) is 1.24. The third kappa shape index (κ3) is 4.88. The predicted molar refractivity (Wildman–Crippen MR) is 84.3 cm³/mol. The summed E-state index contributed by atoms with van der Waals surface area (Å²) < 4.78 is 7.12. The molecule has 2 N–H and O–H groups in total. The third-order valence-electron chi connectivity index (χ3n) is 3.35. The Kier molecular flexibility index (Phi) is 6.24. The smallest absolute Gasteiger partial charge is 0.233 e. The maximum Gasteiger partial charge on any atom is 0.233 e. The van der Waals surface area contributed by atoms with Gasteiger partial charge in [0.15, 0.2) is 0 Å². The molecular formula is C16H23N3O2. The fourth-order valence-electron chi connectivity index (χ4n) is 2.25. The van der Waals surface area contributed by atoms with Crippen molar-refractivity contribution in [3.63, 3.8) is 0 Å². The van der Waals surface area contributed by atoms with Gasteiger partial charge in [0, 0.05) is 38.5 Å². The second-order valence-electron chi connectivity index (χ2n) is 4.94. The van der Waals surface area contributed by atoms with Crippen LogP contribution < -0.4 is 10.6 Å². The van der Waals surface area contributed by atoms with Gasteiger partial charge in [0.05, 0.1) is 13.2 Å². The van der Waals surface area contributed by atoms with Crippen molar-refractivity contribution in [1.29, 1.82) is 0 Å². The fraction of sp³-hybridized carbons (Fsp3) is 0.438. The zero-order valence-electron chi connectivity index (χ0n) is 12.5. The van der Waals surface area contributed by atoms with Gasteiger partial charge >= 0.3 is 0 Å². The lowest BCUT2D eigenvalue weighted by Gasteiger charge is -2.08. The Hall–Kier alpha value is -1.85. The Bertz CT molecular complexity index is 565. The van der Waals surface area contributed by atoms with Crippen LogP contribution in [0.5, 0.6) is 0 Å². The molecule has 0 saturated carbocycles. The molecule has 0 saturated heterocycles. The number of rotatable bonds is 9. The summed E-state index contributed by atoms with van der Waals surface area (Å²) in [6.07, 6.45) is 3.02. The number of nitrogens with zero attached hydrogens (tertiary/aromatic N) is 1. The molecule has 0 atom stereocenters. The normalized spacial score (nSPS) is 10.9. The van der Waals surface area contributed by atoms with E-state index in [2.05, 4.69) is 39.6 Å². The highest BCUT2D eigenvalue weighted by Gasteiger charge is 2.01. The topological polar surface area (TPSA) is 55.3 Å². The van der Waals surface area contributed by atoms with Crippen LogP contribution in [0.15, 0.2) is 36.5 Å². The third-order valence-corrected chi connectivity index (χ3v) is 3.35. The van der Waals surface area contributed by atoms with Crippen LogP contribution in [0.3, 0.4) is 0 Å². The summed E-state index contributed by atoms with van der Waals surface area (Å²) in [5.74, 6) is 0.0310. The molecule has 21 heavy (non-hydrogen) atoms. The van der Waals surface area contributed by atoms with E-state index < -0.39 is 0 Å². The second kappa shape index (κ2) is 8.44. The Balaban J connectivity index is 1.64. The molecule has 5 heteroatoms. The van der Waals surface area contributed by atoms with E-state index in [1.807, 2.05) is 12.1 Å². The number of para-hydroxylation sites is 1. The largest absolute Gasteiger partial charge is 0.383 e. The number of hydrogen-bond donors (Lipinski definition) is 2. The molecule has 114 valence electrons. The summed E-state index contributed by atoms with van der Waals surface area (Å²) in [6.45, 7) is 3.26. The van der Waals surface area contributed by atoms with Gasteiger partial charge in [0.1, 0.15) is 0 Å². The van der Waals surface area contributed by atoms with Crippen LogP contribution in [0.4, 0.5) is 0 Å². The van der Waals surface area contributed by atoms with Crippen molar-refractivity contribution in [3.05, 3.63) is 36.5 Å². The first-order valence-electron chi connectivity index (χ1n) is 7.31. The van der Waals surface area contributed by atoms with Crippen molar-refractivity contribution < 1.29 is 9.53 Å². The van der Waals surface area contributed by atoms with E-state index in [1.54, 1.807) is 7.11 Å². The maximum atomic E-state index is 11.6. The van der Waals surface area contributed by atoms with E-state index in [0.29, 0.717) is 26.2 Å². The van der Waals surface area contributed by atoms with Crippen LogP contribution in [0.2, 0.25) is 0 Å². The highest BCUT2D eigenvalue weighted by Crippen LogP contribution is 2.14. The monoisotopic (exact) mass is 289 g/mol. The Labute approximate surface area is 125 Å². The van der Waals surface area contributed by atoms with Gasteiger partial charge in [-0.2, -0.15) is 0 Å². The molecule has 0 aliphatic carbocycles. The van der Waals surface area contributed by atoms with Gasteiger partial charge in [0.25, 0.3) is 0 Å². The number of carbonyl (C=O) groups excluding carboxylic acids is 1. The van der Waals surface area contributed by atoms with Crippen molar-refractivity contribution >= 4 is 16.8 Å². The summed E-state index contributed by atoms with van der Waals surface area (Å²) in [7, 11) is 1.65. The van der Waals surface area contributed by atoms with E-state index in [-0.39, 0.29) is 5.91 Å². The van der Waals surface area contributed by atoms with Gasteiger partial charge in [-0.15, -0.1) is 0 Å². The Morgan fingerprint density at radius 1 is 1.24 bits per heavy atom. The minimum Gasteiger partial charge on any atom is -0.383 e. The van der Waals surface area contributed by atoms with Crippen LogP contribution in [-0.4, -0.2) is 43.8 Å². The van der Waals surface area contributed by atoms with E-state index in [4.69, 9.17) is 4.74 Å². The predicted octanol–water partition coefficient (Wildman–Crippen LogP) is 1.38. The zero-order chi connectivity index (χ0) is 14.9. The van der Waals surface area contributed by atoms with Crippen molar-refractivity contribution in [1.82, 2.24) is 15.2 Å². The van der Waals surface area contributed by atoms with Gasteiger partial charge in [-0.3, -0.25) is 4.79 Å². The van der Waals surface area contributed by atoms with E-state index in [9.17, 15) is 4.79 Å². The first kappa shape index (κ1) is 15.5. The molecule has 0 radical (unpaired) electrons. The maximum absolute atomic E-state index is 11.6. The molecule has 1 aromatic heterocycles. The summed E-state index contributed by atoms with van der Waals surface area (Å²) in [4.78, 5) is 11.6. The zero-order valence-corrected chi connectivity index (χ0v) is 12.5. The molecule has 5 nitrogen and oxygen atoms in total. The number of amides is 1. The number of nitrogens with one attached hydrogen (secondary N) is 2. The lowest BCUT2D eigenvalue weighted by atomic mass is 10.2.